The smallest absolute Gasteiger partial charge is 0.0409 e. The largest absolute Gasteiger partial charge is 0.323 e. The van der Waals surface area contributed by atoms with Crippen molar-refractivity contribution in [3.63, 3.8) is 0 Å². The van der Waals surface area contributed by atoms with Gasteiger partial charge in [0.05, 0.1) is 0 Å². The molecule has 0 heterocycles. The predicted molar refractivity (Wildman–Crippen MR) is 75.9 cm³/mol. The summed E-state index contributed by atoms with van der Waals surface area (Å²) in [5.74, 6) is 0.416. The van der Waals surface area contributed by atoms with E-state index < -0.39 is 0 Å². The molecule has 92 valence electrons. The minimum Gasteiger partial charge on any atom is -0.323 e. The Morgan fingerprint density at radius 3 is 2.78 bits per heavy atom. The summed E-state index contributed by atoms with van der Waals surface area (Å²) in [5, 5.41) is 0.759. The van der Waals surface area contributed by atoms with Crippen molar-refractivity contribution in [2.75, 3.05) is 0 Å². The average molecular weight is 258 g/mol. The van der Waals surface area contributed by atoms with Gasteiger partial charge in [-0.1, -0.05) is 48.0 Å². The Hall–Kier alpha value is -1.31. The first-order valence-electron chi connectivity index (χ1n) is 6.34. The van der Waals surface area contributed by atoms with E-state index in [0.717, 1.165) is 23.4 Å². The van der Waals surface area contributed by atoms with E-state index in [4.69, 9.17) is 17.3 Å². The summed E-state index contributed by atoms with van der Waals surface area (Å²) in [4.78, 5) is 0. The first-order chi connectivity index (χ1) is 8.75. The highest BCUT2D eigenvalue weighted by atomic mass is 35.5. The van der Waals surface area contributed by atoms with E-state index in [1.54, 1.807) is 0 Å². The Morgan fingerprint density at radius 2 is 1.94 bits per heavy atom. The highest BCUT2D eigenvalue weighted by Crippen LogP contribution is 2.40. The molecule has 2 aromatic rings. The predicted octanol–water partition coefficient (Wildman–Crippen LogP) is 4.07. The van der Waals surface area contributed by atoms with Gasteiger partial charge in [-0.3, -0.25) is 0 Å². The topological polar surface area (TPSA) is 26.0 Å². The van der Waals surface area contributed by atoms with Crippen LogP contribution >= 0.6 is 11.6 Å². The van der Waals surface area contributed by atoms with E-state index >= 15 is 0 Å². The van der Waals surface area contributed by atoms with Gasteiger partial charge in [0.15, 0.2) is 0 Å². The maximum atomic E-state index is 6.43. The fourth-order valence-corrected chi connectivity index (χ4v) is 3.11. The second kappa shape index (κ2) is 4.75. The van der Waals surface area contributed by atoms with Crippen molar-refractivity contribution in [1.82, 2.24) is 0 Å². The number of benzene rings is 2. The molecule has 2 atom stereocenters. The van der Waals surface area contributed by atoms with Crippen LogP contribution in [0.5, 0.6) is 0 Å². The van der Waals surface area contributed by atoms with Crippen LogP contribution in [0, 0.1) is 0 Å². The van der Waals surface area contributed by atoms with Gasteiger partial charge in [0.1, 0.15) is 0 Å². The minimum atomic E-state index is 0.0346. The first kappa shape index (κ1) is 11.8. The van der Waals surface area contributed by atoms with Crippen molar-refractivity contribution < 1.29 is 0 Å². The van der Waals surface area contributed by atoms with Crippen LogP contribution in [0.15, 0.2) is 48.5 Å². The monoisotopic (exact) mass is 257 g/mol. The van der Waals surface area contributed by atoms with Gasteiger partial charge in [-0.05, 0) is 41.7 Å². The Bertz CT molecular complexity index is 565. The lowest BCUT2D eigenvalue weighted by Crippen LogP contribution is -2.18. The molecule has 0 aromatic heterocycles. The third-order valence-corrected chi connectivity index (χ3v) is 4.08. The first-order valence-corrected chi connectivity index (χ1v) is 6.72. The maximum absolute atomic E-state index is 6.43. The summed E-state index contributed by atoms with van der Waals surface area (Å²) >= 11 is 6.04. The van der Waals surface area contributed by atoms with Gasteiger partial charge in [-0.15, -0.1) is 0 Å². The summed E-state index contributed by atoms with van der Waals surface area (Å²) in [6.07, 6.45) is 2.27. The van der Waals surface area contributed by atoms with Gasteiger partial charge in [0, 0.05) is 17.0 Å². The number of hydrogen-bond acceptors (Lipinski definition) is 1. The number of aryl methyl sites for hydroxylation is 1. The second-order valence-corrected chi connectivity index (χ2v) is 5.36. The average Bonchev–Trinajstić information content (AvgIpc) is 2.82. The lowest BCUT2D eigenvalue weighted by Gasteiger charge is -2.21. The highest BCUT2D eigenvalue weighted by molar-refractivity contribution is 6.30. The highest BCUT2D eigenvalue weighted by Gasteiger charge is 2.28. The van der Waals surface area contributed by atoms with Crippen LogP contribution < -0.4 is 5.73 Å². The molecule has 0 spiro atoms. The molecule has 3 rings (SSSR count). The summed E-state index contributed by atoms with van der Waals surface area (Å²) in [5.41, 5.74) is 10.4. The summed E-state index contributed by atoms with van der Waals surface area (Å²) < 4.78 is 0. The number of halogens is 1. The molecule has 0 bridgehead atoms. The molecular formula is C16H16ClN. The zero-order valence-corrected chi connectivity index (χ0v) is 10.9. The van der Waals surface area contributed by atoms with Crippen molar-refractivity contribution in [2.45, 2.75) is 24.8 Å². The Morgan fingerprint density at radius 1 is 1.11 bits per heavy atom. The Balaban J connectivity index is 1.93. The van der Waals surface area contributed by atoms with E-state index in [1.807, 2.05) is 18.2 Å². The van der Waals surface area contributed by atoms with E-state index in [9.17, 15) is 0 Å². The normalized spacial score (nSPS) is 19.6. The molecule has 18 heavy (non-hydrogen) atoms. The SMILES string of the molecule is NC(c1cccc(Cl)c1)C1CCc2ccccc21. The summed E-state index contributed by atoms with van der Waals surface area (Å²) in [6.45, 7) is 0. The van der Waals surface area contributed by atoms with Gasteiger partial charge in [-0.25, -0.2) is 0 Å². The van der Waals surface area contributed by atoms with Crippen LogP contribution in [0.2, 0.25) is 5.02 Å². The van der Waals surface area contributed by atoms with Crippen LogP contribution in [-0.2, 0) is 6.42 Å². The molecule has 0 fully saturated rings. The molecule has 0 radical (unpaired) electrons. The van der Waals surface area contributed by atoms with E-state index in [2.05, 4.69) is 30.3 Å². The summed E-state index contributed by atoms with van der Waals surface area (Å²) in [6, 6.07) is 16.6. The zero-order valence-electron chi connectivity index (χ0n) is 10.1. The van der Waals surface area contributed by atoms with Crippen LogP contribution in [0.25, 0.3) is 0 Å². The zero-order chi connectivity index (χ0) is 12.5. The molecule has 1 aliphatic carbocycles. The molecule has 2 heteroatoms. The number of fused-ring (bicyclic) bond motifs is 1. The van der Waals surface area contributed by atoms with Crippen LogP contribution in [0.4, 0.5) is 0 Å². The lowest BCUT2D eigenvalue weighted by molar-refractivity contribution is 0.551. The third-order valence-electron chi connectivity index (χ3n) is 3.85. The van der Waals surface area contributed by atoms with E-state index in [0.29, 0.717) is 5.92 Å². The van der Waals surface area contributed by atoms with Crippen LogP contribution in [-0.4, -0.2) is 0 Å². The minimum absolute atomic E-state index is 0.0346. The molecule has 2 N–H and O–H groups in total. The molecule has 1 aliphatic rings. The van der Waals surface area contributed by atoms with E-state index in [1.165, 1.54) is 11.1 Å². The standard InChI is InChI=1S/C16H16ClN/c17-13-6-3-5-12(10-13)16(18)15-9-8-11-4-1-2-7-14(11)15/h1-7,10,15-16H,8-9,18H2. The molecule has 2 unspecified atom stereocenters. The molecule has 0 aliphatic heterocycles. The Labute approximate surface area is 113 Å². The fourth-order valence-electron chi connectivity index (χ4n) is 2.91. The van der Waals surface area contributed by atoms with Gasteiger partial charge < -0.3 is 5.73 Å². The van der Waals surface area contributed by atoms with Crippen molar-refractivity contribution in [3.8, 4) is 0 Å². The molecule has 1 nitrogen and oxygen atoms in total. The van der Waals surface area contributed by atoms with Crippen molar-refractivity contribution in [3.05, 3.63) is 70.2 Å². The Kier molecular flexibility index (Phi) is 3.11. The number of rotatable bonds is 2. The van der Waals surface area contributed by atoms with Gasteiger partial charge in [0.2, 0.25) is 0 Å². The fraction of sp³-hybridized carbons (Fsp3) is 0.250. The summed E-state index contributed by atoms with van der Waals surface area (Å²) in [7, 11) is 0. The van der Waals surface area contributed by atoms with Crippen LogP contribution in [0.3, 0.4) is 0 Å². The quantitative estimate of drug-likeness (QED) is 0.862. The van der Waals surface area contributed by atoms with Gasteiger partial charge in [0.25, 0.3) is 0 Å². The van der Waals surface area contributed by atoms with Crippen molar-refractivity contribution in [2.24, 2.45) is 5.73 Å². The molecule has 2 aromatic carbocycles. The number of hydrogen-bond donors (Lipinski definition) is 1. The lowest BCUT2D eigenvalue weighted by atomic mass is 9.89. The van der Waals surface area contributed by atoms with E-state index in [-0.39, 0.29) is 6.04 Å². The van der Waals surface area contributed by atoms with Crippen molar-refractivity contribution in [1.29, 1.82) is 0 Å². The molecular weight excluding hydrogens is 242 g/mol. The van der Waals surface area contributed by atoms with Crippen molar-refractivity contribution >= 4 is 11.6 Å². The van der Waals surface area contributed by atoms with Gasteiger partial charge >= 0.3 is 0 Å². The van der Waals surface area contributed by atoms with Gasteiger partial charge in [-0.2, -0.15) is 0 Å². The molecule has 0 saturated carbocycles. The number of nitrogens with two attached hydrogens (primary N) is 1. The molecule has 0 amide bonds. The van der Waals surface area contributed by atoms with Crippen LogP contribution in [0.1, 0.15) is 35.1 Å². The third kappa shape index (κ3) is 2.05. The maximum Gasteiger partial charge on any atom is 0.0409 e. The molecule has 0 saturated heterocycles. The second-order valence-electron chi connectivity index (χ2n) is 4.92.